The predicted molar refractivity (Wildman–Crippen MR) is 88.7 cm³/mol. The van der Waals surface area contributed by atoms with E-state index in [2.05, 4.69) is 10.00 Å². The summed E-state index contributed by atoms with van der Waals surface area (Å²) in [6, 6.07) is 12.5. The van der Waals surface area contributed by atoms with Gasteiger partial charge >= 0.3 is 0 Å². The standard InChI is InChI=1S/C18H22N4O/c23-18(21-11-4-10-20(13-14-21)15-7-8-15)17-9-12-22(19-17)16-5-2-1-3-6-16/h1-3,5-6,9,12,15H,4,7-8,10-11,13-14H2. The summed E-state index contributed by atoms with van der Waals surface area (Å²) < 4.78 is 1.77. The van der Waals surface area contributed by atoms with Gasteiger partial charge in [0.1, 0.15) is 0 Å². The minimum absolute atomic E-state index is 0.0531. The number of carbonyl (C=O) groups is 1. The molecule has 1 saturated heterocycles. The quantitative estimate of drug-likeness (QED) is 0.872. The Labute approximate surface area is 136 Å². The number of amides is 1. The third-order valence-electron chi connectivity index (χ3n) is 4.71. The molecule has 0 bridgehead atoms. The molecule has 0 unspecified atom stereocenters. The highest BCUT2D eigenvalue weighted by atomic mass is 16.2. The van der Waals surface area contributed by atoms with Gasteiger partial charge in [-0.05, 0) is 37.5 Å². The van der Waals surface area contributed by atoms with Crippen molar-refractivity contribution in [2.75, 3.05) is 26.2 Å². The van der Waals surface area contributed by atoms with Crippen molar-refractivity contribution < 1.29 is 4.79 Å². The van der Waals surface area contributed by atoms with Crippen LogP contribution < -0.4 is 0 Å². The van der Waals surface area contributed by atoms with Gasteiger partial charge in [0.25, 0.3) is 5.91 Å². The van der Waals surface area contributed by atoms with Gasteiger partial charge in [-0.15, -0.1) is 0 Å². The number of nitrogens with zero attached hydrogens (tertiary/aromatic N) is 4. The number of benzene rings is 1. The highest BCUT2D eigenvalue weighted by Gasteiger charge is 2.31. The van der Waals surface area contributed by atoms with E-state index in [1.807, 2.05) is 47.5 Å². The number of para-hydroxylation sites is 1. The number of hydrogen-bond acceptors (Lipinski definition) is 3. The van der Waals surface area contributed by atoms with Gasteiger partial charge in [-0.1, -0.05) is 18.2 Å². The lowest BCUT2D eigenvalue weighted by Crippen LogP contribution is -2.36. The molecule has 2 fully saturated rings. The lowest BCUT2D eigenvalue weighted by atomic mass is 10.3. The van der Waals surface area contributed by atoms with E-state index in [4.69, 9.17) is 0 Å². The van der Waals surface area contributed by atoms with Crippen LogP contribution in [0.3, 0.4) is 0 Å². The molecule has 5 nitrogen and oxygen atoms in total. The Balaban J connectivity index is 1.45. The average molecular weight is 310 g/mol. The Bertz CT molecular complexity index is 677. The topological polar surface area (TPSA) is 41.4 Å². The minimum atomic E-state index is 0.0531. The van der Waals surface area contributed by atoms with Gasteiger partial charge < -0.3 is 4.90 Å². The number of carbonyl (C=O) groups excluding carboxylic acids is 1. The molecule has 1 aliphatic carbocycles. The zero-order valence-electron chi connectivity index (χ0n) is 13.3. The first-order valence-corrected chi connectivity index (χ1v) is 8.46. The highest BCUT2D eigenvalue weighted by molar-refractivity contribution is 5.92. The molecular formula is C18H22N4O. The van der Waals surface area contributed by atoms with Gasteiger partial charge in [0, 0.05) is 38.4 Å². The summed E-state index contributed by atoms with van der Waals surface area (Å²) in [5.74, 6) is 0.0531. The molecule has 120 valence electrons. The van der Waals surface area contributed by atoms with Crippen molar-refractivity contribution in [2.45, 2.75) is 25.3 Å². The molecule has 0 N–H and O–H groups in total. The molecule has 0 radical (unpaired) electrons. The minimum Gasteiger partial charge on any atom is -0.336 e. The highest BCUT2D eigenvalue weighted by Crippen LogP contribution is 2.27. The second-order valence-electron chi connectivity index (χ2n) is 6.39. The second-order valence-corrected chi connectivity index (χ2v) is 6.39. The van der Waals surface area contributed by atoms with Crippen LogP contribution in [0.4, 0.5) is 0 Å². The van der Waals surface area contributed by atoms with E-state index in [9.17, 15) is 4.79 Å². The lowest BCUT2D eigenvalue weighted by molar-refractivity contribution is 0.0754. The Kier molecular flexibility index (Phi) is 3.87. The third-order valence-corrected chi connectivity index (χ3v) is 4.71. The molecule has 2 aliphatic rings. The van der Waals surface area contributed by atoms with Crippen molar-refractivity contribution >= 4 is 5.91 Å². The second kappa shape index (κ2) is 6.16. The molecule has 5 heteroatoms. The lowest BCUT2D eigenvalue weighted by Gasteiger charge is -2.21. The summed E-state index contributed by atoms with van der Waals surface area (Å²) in [6.45, 7) is 3.76. The number of aromatic nitrogens is 2. The summed E-state index contributed by atoms with van der Waals surface area (Å²) in [4.78, 5) is 17.2. The molecular weight excluding hydrogens is 288 g/mol. The number of hydrogen-bond donors (Lipinski definition) is 0. The molecule has 4 rings (SSSR count). The SMILES string of the molecule is O=C(c1ccn(-c2ccccc2)n1)N1CCCN(C2CC2)CC1. The normalized spacial score (nSPS) is 19.6. The first-order chi connectivity index (χ1) is 11.3. The first-order valence-electron chi connectivity index (χ1n) is 8.46. The van der Waals surface area contributed by atoms with Crippen molar-refractivity contribution in [1.29, 1.82) is 0 Å². The number of rotatable bonds is 3. The van der Waals surface area contributed by atoms with E-state index in [1.165, 1.54) is 12.8 Å². The molecule has 1 amide bonds. The van der Waals surface area contributed by atoms with Gasteiger partial charge in [-0.3, -0.25) is 9.69 Å². The van der Waals surface area contributed by atoms with Crippen LogP contribution in [0.5, 0.6) is 0 Å². The van der Waals surface area contributed by atoms with Crippen LogP contribution in [0.2, 0.25) is 0 Å². The van der Waals surface area contributed by atoms with Crippen LogP contribution in [-0.4, -0.2) is 57.7 Å². The fourth-order valence-corrected chi connectivity index (χ4v) is 3.27. The summed E-state index contributed by atoms with van der Waals surface area (Å²) >= 11 is 0. The molecule has 23 heavy (non-hydrogen) atoms. The molecule has 1 aromatic heterocycles. The van der Waals surface area contributed by atoms with Gasteiger partial charge in [-0.2, -0.15) is 5.10 Å². The van der Waals surface area contributed by atoms with E-state index in [-0.39, 0.29) is 5.91 Å². The van der Waals surface area contributed by atoms with Crippen molar-refractivity contribution in [1.82, 2.24) is 19.6 Å². The molecule has 1 saturated carbocycles. The zero-order chi connectivity index (χ0) is 15.6. The van der Waals surface area contributed by atoms with Crippen LogP contribution in [0.15, 0.2) is 42.6 Å². The molecule has 1 aromatic carbocycles. The Hall–Kier alpha value is -2.14. The van der Waals surface area contributed by atoms with Crippen molar-refractivity contribution in [3.8, 4) is 5.69 Å². The molecule has 2 heterocycles. The monoisotopic (exact) mass is 310 g/mol. The van der Waals surface area contributed by atoms with E-state index in [0.29, 0.717) is 5.69 Å². The maximum atomic E-state index is 12.7. The van der Waals surface area contributed by atoms with Crippen LogP contribution in [0, 0.1) is 0 Å². The summed E-state index contributed by atoms with van der Waals surface area (Å²) in [5, 5.41) is 4.46. The van der Waals surface area contributed by atoms with Gasteiger partial charge in [0.15, 0.2) is 5.69 Å². The third kappa shape index (κ3) is 3.15. The zero-order valence-corrected chi connectivity index (χ0v) is 13.3. The van der Waals surface area contributed by atoms with E-state index in [1.54, 1.807) is 4.68 Å². The Morgan fingerprint density at radius 3 is 2.61 bits per heavy atom. The molecule has 0 spiro atoms. The maximum absolute atomic E-state index is 12.7. The van der Waals surface area contributed by atoms with Crippen LogP contribution in [0.25, 0.3) is 5.69 Å². The smallest absolute Gasteiger partial charge is 0.274 e. The van der Waals surface area contributed by atoms with E-state index < -0.39 is 0 Å². The largest absolute Gasteiger partial charge is 0.336 e. The van der Waals surface area contributed by atoms with Gasteiger partial charge in [0.05, 0.1) is 5.69 Å². The fraction of sp³-hybridized carbons (Fsp3) is 0.444. The molecule has 1 aliphatic heterocycles. The first kappa shape index (κ1) is 14.5. The summed E-state index contributed by atoms with van der Waals surface area (Å²) in [6.07, 6.45) is 5.57. The summed E-state index contributed by atoms with van der Waals surface area (Å²) in [7, 11) is 0. The molecule has 2 aromatic rings. The van der Waals surface area contributed by atoms with Crippen molar-refractivity contribution in [2.24, 2.45) is 0 Å². The van der Waals surface area contributed by atoms with Crippen molar-refractivity contribution in [3.63, 3.8) is 0 Å². The average Bonchev–Trinajstić information content (AvgIpc) is 3.36. The maximum Gasteiger partial charge on any atom is 0.274 e. The Morgan fingerprint density at radius 2 is 1.83 bits per heavy atom. The van der Waals surface area contributed by atoms with E-state index in [0.717, 1.165) is 44.3 Å². The van der Waals surface area contributed by atoms with Gasteiger partial charge in [0.2, 0.25) is 0 Å². The fourth-order valence-electron chi connectivity index (χ4n) is 3.27. The molecule has 0 atom stereocenters. The Morgan fingerprint density at radius 1 is 1.00 bits per heavy atom. The van der Waals surface area contributed by atoms with E-state index >= 15 is 0 Å². The van der Waals surface area contributed by atoms with Crippen LogP contribution in [-0.2, 0) is 0 Å². The predicted octanol–water partition coefficient (Wildman–Crippen LogP) is 2.18. The summed E-state index contributed by atoms with van der Waals surface area (Å²) in [5.41, 5.74) is 1.51. The van der Waals surface area contributed by atoms with Crippen LogP contribution in [0.1, 0.15) is 29.8 Å². The van der Waals surface area contributed by atoms with Gasteiger partial charge in [-0.25, -0.2) is 4.68 Å². The van der Waals surface area contributed by atoms with Crippen LogP contribution >= 0.6 is 0 Å². The van der Waals surface area contributed by atoms with Crippen molar-refractivity contribution in [3.05, 3.63) is 48.3 Å².